The van der Waals surface area contributed by atoms with Crippen LogP contribution in [0.1, 0.15) is 0 Å². The molecule has 11 heavy (non-hydrogen) atoms. The van der Waals surface area contributed by atoms with E-state index in [1.54, 1.807) is 0 Å². The molecule has 0 saturated carbocycles. The Kier molecular flexibility index (Phi) is 39.2. The summed E-state index contributed by atoms with van der Waals surface area (Å²) >= 11 is 24.9. The van der Waals surface area contributed by atoms with Crippen molar-refractivity contribution in [2.45, 2.75) is 0 Å². The van der Waals surface area contributed by atoms with Crippen molar-refractivity contribution < 1.29 is 71.3 Å². The Morgan fingerprint density at radius 2 is 0.545 bits per heavy atom. The minimum atomic E-state index is -3.69. The molecule has 0 atom stereocenters. The van der Waals surface area contributed by atoms with E-state index in [9.17, 15) is 0 Å². The van der Waals surface area contributed by atoms with Gasteiger partial charge in [0.05, 0.1) is 0 Å². The molecule has 0 spiro atoms. The van der Waals surface area contributed by atoms with Gasteiger partial charge >= 0.3 is 81.3 Å². The summed E-state index contributed by atoms with van der Waals surface area (Å²) in [6.45, 7) is 0. The molecule has 0 fully saturated rings. The van der Waals surface area contributed by atoms with Crippen LogP contribution in [-0.2, 0) is 21.7 Å². The summed E-state index contributed by atoms with van der Waals surface area (Å²) in [6, 6.07) is 0. The van der Waals surface area contributed by atoms with Crippen molar-refractivity contribution in [1.29, 1.82) is 0 Å². The second-order valence-electron chi connectivity index (χ2n) is 0.639. The Labute approximate surface area is 129 Å². The maximum absolute atomic E-state index is 4.98. The first-order chi connectivity index (χ1) is 2.24. The zero-order valence-corrected chi connectivity index (χ0v) is 13.6. The number of halogens is 9. The van der Waals surface area contributed by atoms with E-state index in [0.29, 0.717) is 0 Å². The molecule has 0 nitrogen and oxygen atoms in total. The van der Waals surface area contributed by atoms with E-state index in [0.717, 1.165) is 0 Å². The van der Waals surface area contributed by atoms with Gasteiger partial charge in [-0.25, -0.2) is 0 Å². The maximum Gasteiger partial charge on any atom is 4.00 e. The van der Waals surface area contributed by atoms with E-state index >= 15 is 0 Å². The Balaban J connectivity index is -0.0000000125. The van der Waals surface area contributed by atoms with Gasteiger partial charge in [-0.2, -0.15) is 0 Å². The third kappa shape index (κ3) is 135. The summed E-state index contributed by atoms with van der Waals surface area (Å²) in [5, 5.41) is 0. The zero-order chi connectivity index (χ0) is 5.45. The molecule has 0 aliphatic heterocycles. The number of hydrogen-bond acceptors (Lipinski definition) is 0. The monoisotopic (exact) mass is 394 g/mol. The van der Waals surface area contributed by atoms with E-state index in [4.69, 9.17) is 56.2 Å². The van der Waals surface area contributed by atoms with Crippen LogP contribution >= 0.6 is 59.6 Å². The summed E-state index contributed by atoms with van der Waals surface area (Å²) < 4.78 is -3.69. The van der Waals surface area contributed by atoms with E-state index in [-0.39, 0.29) is 71.3 Å². The largest absolute Gasteiger partial charge is 4.00 e. The molecule has 0 aliphatic rings. The summed E-state index contributed by atoms with van der Waals surface area (Å²) in [5.41, 5.74) is 0. The molecular weight excluding hydrogens is 398 g/mol. The van der Waals surface area contributed by atoms with Gasteiger partial charge in [-0.1, -0.05) is 0 Å². The molecule has 72 valence electrons. The normalized spacial score (nSPS) is 10.5. The van der Waals surface area contributed by atoms with Crippen molar-refractivity contribution in [2.24, 2.45) is 0 Å². The molecular formula is Cl9PTi. The zero-order valence-electron chi connectivity index (χ0n) is 4.35. The van der Waals surface area contributed by atoms with Crippen molar-refractivity contribution in [1.82, 2.24) is 0 Å². The fraction of sp³-hybridized carbons (Fsp3) is 0. The molecule has 0 heterocycles. The summed E-state index contributed by atoms with van der Waals surface area (Å²) in [7, 11) is 0. The van der Waals surface area contributed by atoms with Gasteiger partial charge in [0.2, 0.25) is 0 Å². The van der Waals surface area contributed by atoms with Crippen LogP contribution in [0.4, 0.5) is 0 Å². The van der Waals surface area contributed by atoms with E-state index in [1.165, 1.54) is 0 Å². The molecule has 0 saturated heterocycles. The Morgan fingerprint density at radius 1 is 0.545 bits per heavy atom. The van der Waals surface area contributed by atoms with Crippen LogP contribution in [0.15, 0.2) is 0 Å². The van der Waals surface area contributed by atoms with Crippen molar-refractivity contribution in [3.05, 3.63) is 0 Å². The molecule has 0 amide bonds. The van der Waals surface area contributed by atoms with Crippen molar-refractivity contribution >= 4 is 59.6 Å². The Morgan fingerprint density at radius 3 is 0.545 bits per heavy atom. The van der Waals surface area contributed by atoms with E-state index < -0.39 is 3.37 Å². The molecule has 0 rings (SSSR count). The Hall–Kier alpha value is 3.75. The molecule has 11 heteroatoms. The minimum Gasteiger partial charge on any atom is -1.00 e. The SMILES string of the molecule is ClP(Cl)(Cl)(Cl)Cl.[Cl-].[Cl-].[Cl-].[Cl-].[Ti+4]. The first-order valence-electron chi connectivity index (χ1n) is 0.845. The van der Waals surface area contributed by atoms with E-state index in [2.05, 4.69) is 0 Å². The molecule has 0 aromatic heterocycles. The standard InChI is InChI=1S/Cl5P.4ClH.Ti/c1-6(2,3,4)5;;;;;/h;4*1H;/q;;;;;+4/p-4. The van der Waals surface area contributed by atoms with Crippen molar-refractivity contribution in [3.8, 4) is 0 Å². The third-order valence-corrected chi connectivity index (χ3v) is 0. The molecule has 0 unspecified atom stereocenters. The molecule has 0 aromatic rings. The molecule has 0 bridgehead atoms. The average molecular weight is 398 g/mol. The van der Waals surface area contributed by atoms with Gasteiger partial charge < -0.3 is 49.6 Å². The van der Waals surface area contributed by atoms with Gasteiger partial charge in [-0.05, 0) is 0 Å². The summed E-state index contributed by atoms with van der Waals surface area (Å²) in [5.74, 6) is 0. The maximum atomic E-state index is 4.98. The van der Waals surface area contributed by atoms with Gasteiger partial charge in [0.15, 0.2) is 0 Å². The van der Waals surface area contributed by atoms with Crippen LogP contribution in [0, 0.1) is 0 Å². The van der Waals surface area contributed by atoms with Gasteiger partial charge in [0.25, 0.3) is 0 Å². The molecule has 0 radical (unpaired) electrons. The van der Waals surface area contributed by atoms with Crippen molar-refractivity contribution in [2.75, 3.05) is 0 Å². The fourth-order valence-corrected chi connectivity index (χ4v) is 0. The fourth-order valence-electron chi connectivity index (χ4n) is 0. The van der Waals surface area contributed by atoms with Crippen LogP contribution in [-0.4, -0.2) is 0 Å². The van der Waals surface area contributed by atoms with Crippen LogP contribution in [0.25, 0.3) is 0 Å². The first kappa shape index (κ1) is 36.4. The van der Waals surface area contributed by atoms with Crippen LogP contribution in [0.2, 0.25) is 0 Å². The van der Waals surface area contributed by atoms with Gasteiger partial charge in [0.1, 0.15) is 0 Å². The Bertz CT molecular complexity index is 42.7. The summed E-state index contributed by atoms with van der Waals surface area (Å²) in [4.78, 5) is 0. The van der Waals surface area contributed by atoms with Crippen LogP contribution in [0.3, 0.4) is 0 Å². The van der Waals surface area contributed by atoms with Crippen LogP contribution in [0.5, 0.6) is 0 Å². The van der Waals surface area contributed by atoms with Gasteiger partial charge in [-0.15, -0.1) is 0 Å². The minimum absolute atomic E-state index is 0. The van der Waals surface area contributed by atoms with Gasteiger partial charge in [0, 0.05) is 0 Å². The van der Waals surface area contributed by atoms with E-state index in [1.807, 2.05) is 0 Å². The molecule has 0 N–H and O–H groups in total. The summed E-state index contributed by atoms with van der Waals surface area (Å²) in [6.07, 6.45) is 0. The predicted molar refractivity (Wildman–Crippen MR) is 36.2 cm³/mol. The first-order valence-corrected chi connectivity index (χ1v) is 7.61. The number of rotatable bonds is 0. The second-order valence-corrected chi connectivity index (χ2v) is 17.2. The number of hydrogen-bond donors (Lipinski definition) is 0. The van der Waals surface area contributed by atoms with Crippen molar-refractivity contribution in [3.63, 3.8) is 0 Å². The third-order valence-electron chi connectivity index (χ3n) is 0. The molecule has 0 aromatic carbocycles. The topological polar surface area (TPSA) is 0 Å². The van der Waals surface area contributed by atoms with Gasteiger partial charge in [-0.3, -0.25) is 0 Å². The smallest absolute Gasteiger partial charge is 1.00 e. The van der Waals surface area contributed by atoms with Crippen LogP contribution < -0.4 is 49.6 Å². The average Bonchev–Trinajstić information content (AvgIpc) is 0.650. The molecule has 0 aliphatic carbocycles. The predicted octanol–water partition coefficient (Wildman–Crippen LogP) is -7.68. The second kappa shape index (κ2) is 11.8. The quantitative estimate of drug-likeness (QED) is 0.281.